The summed E-state index contributed by atoms with van der Waals surface area (Å²) in [5.74, 6) is 1.23. The fraction of sp³-hybridized carbons (Fsp3) is 0.407. The van der Waals surface area contributed by atoms with Gasteiger partial charge in [-0.05, 0) is 56.0 Å². The van der Waals surface area contributed by atoms with E-state index >= 15 is 0 Å². The molecule has 0 aliphatic carbocycles. The maximum atomic E-state index is 13.1. The first-order chi connectivity index (χ1) is 17.0. The number of rotatable bonds is 12. The van der Waals surface area contributed by atoms with Crippen molar-refractivity contribution in [2.75, 3.05) is 46.9 Å². The number of para-hydroxylation sites is 1. The Morgan fingerprint density at radius 2 is 1.69 bits per heavy atom. The van der Waals surface area contributed by atoms with Gasteiger partial charge in [0.05, 0.1) is 14.2 Å². The van der Waals surface area contributed by atoms with Gasteiger partial charge in [-0.25, -0.2) is 4.79 Å². The van der Waals surface area contributed by atoms with Crippen LogP contribution in [-0.4, -0.2) is 73.7 Å². The molecule has 0 aliphatic heterocycles. The number of hydrogen-bond donors (Lipinski definition) is 2. The lowest BCUT2D eigenvalue weighted by molar-refractivity contribution is -0.131. The number of nitrogens with zero attached hydrogens (tertiary/aromatic N) is 2. The molecule has 0 bridgehead atoms. The molecule has 3 rings (SSSR count). The minimum atomic E-state index is -0.245. The quantitative estimate of drug-likeness (QED) is 0.412. The van der Waals surface area contributed by atoms with Crippen LogP contribution >= 0.6 is 0 Å². The zero-order valence-corrected chi connectivity index (χ0v) is 21.1. The topological polar surface area (TPSA) is 86.9 Å². The van der Waals surface area contributed by atoms with Crippen LogP contribution in [0.2, 0.25) is 0 Å². The molecule has 8 heteroatoms. The van der Waals surface area contributed by atoms with Crippen molar-refractivity contribution >= 4 is 22.8 Å². The number of aromatic nitrogens is 1. The number of benzene rings is 2. The van der Waals surface area contributed by atoms with Gasteiger partial charge in [0, 0.05) is 43.3 Å². The predicted octanol–water partition coefficient (Wildman–Crippen LogP) is 3.85. The average molecular weight is 481 g/mol. The van der Waals surface area contributed by atoms with Gasteiger partial charge < -0.3 is 29.6 Å². The van der Waals surface area contributed by atoms with Crippen molar-refractivity contribution in [1.82, 2.24) is 20.1 Å². The van der Waals surface area contributed by atoms with Gasteiger partial charge >= 0.3 is 6.03 Å². The van der Waals surface area contributed by atoms with E-state index in [9.17, 15) is 9.59 Å². The number of nitrogens with one attached hydrogen (secondary N) is 2. The first-order valence-corrected chi connectivity index (χ1v) is 12.1. The highest BCUT2D eigenvalue weighted by molar-refractivity contribution is 5.85. The lowest BCUT2D eigenvalue weighted by atomic mass is 10.1. The lowest BCUT2D eigenvalue weighted by Crippen LogP contribution is -2.47. The third kappa shape index (κ3) is 6.68. The first-order valence-electron chi connectivity index (χ1n) is 12.1. The Bertz CT molecular complexity index is 1120. The third-order valence-electron chi connectivity index (χ3n) is 6.19. The molecule has 1 aromatic heterocycles. The van der Waals surface area contributed by atoms with Gasteiger partial charge in [0.15, 0.2) is 11.5 Å². The fourth-order valence-electron chi connectivity index (χ4n) is 4.15. The van der Waals surface area contributed by atoms with E-state index < -0.39 is 0 Å². The number of likely N-dealkylation sites (N-methyl/N-ethyl adjacent to an activating group) is 1. The van der Waals surface area contributed by atoms with Crippen LogP contribution in [0.25, 0.3) is 10.9 Å². The van der Waals surface area contributed by atoms with Crippen molar-refractivity contribution < 1.29 is 19.1 Å². The zero-order chi connectivity index (χ0) is 25.2. The van der Waals surface area contributed by atoms with Crippen LogP contribution in [0.5, 0.6) is 11.5 Å². The van der Waals surface area contributed by atoms with Crippen molar-refractivity contribution in [2.24, 2.45) is 0 Å². The zero-order valence-electron chi connectivity index (χ0n) is 21.1. The predicted molar refractivity (Wildman–Crippen MR) is 138 cm³/mol. The number of H-pyrrole nitrogens is 1. The third-order valence-corrected chi connectivity index (χ3v) is 6.19. The molecule has 0 radical (unpaired) electrons. The van der Waals surface area contributed by atoms with Gasteiger partial charge in [-0.3, -0.25) is 4.79 Å². The number of hydrogen-bond acceptors (Lipinski definition) is 4. The van der Waals surface area contributed by atoms with E-state index in [-0.39, 0.29) is 18.5 Å². The van der Waals surface area contributed by atoms with Crippen molar-refractivity contribution in [3.63, 3.8) is 0 Å². The number of urea groups is 1. The molecule has 0 unspecified atom stereocenters. The second-order valence-corrected chi connectivity index (χ2v) is 8.27. The average Bonchev–Trinajstić information content (AvgIpc) is 3.30. The molecule has 3 aromatic rings. The minimum absolute atomic E-state index is 0.0356. The molecule has 0 spiro atoms. The monoisotopic (exact) mass is 480 g/mol. The summed E-state index contributed by atoms with van der Waals surface area (Å²) in [5, 5.41) is 4.16. The van der Waals surface area contributed by atoms with Gasteiger partial charge in [0.2, 0.25) is 5.91 Å². The van der Waals surface area contributed by atoms with E-state index in [2.05, 4.69) is 16.4 Å². The summed E-state index contributed by atoms with van der Waals surface area (Å²) in [6, 6.07) is 13.6. The van der Waals surface area contributed by atoms with Gasteiger partial charge in [-0.2, -0.15) is 0 Å². The largest absolute Gasteiger partial charge is 0.493 e. The number of amides is 3. The van der Waals surface area contributed by atoms with Crippen LogP contribution in [-0.2, 0) is 17.6 Å². The van der Waals surface area contributed by atoms with E-state index in [4.69, 9.17) is 9.47 Å². The minimum Gasteiger partial charge on any atom is -0.493 e. The second kappa shape index (κ2) is 12.7. The summed E-state index contributed by atoms with van der Waals surface area (Å²) in [6.45, 7) is 6.03. The lowest BCUT2D eigenvalue weighted by Gasteiger charge is -2.26. The maximum Gasteiger partial charge on any atom is 0.317 e. The highest BCUT2D eigenvalue weighted by Crippen LogP contribution is 2.27. The van der Waals surface area contributed by atoms with Crippen LogP contribution in [0.1, 0.15) is 25.0 Å². The number of fused-ring (bicyclic) bond motifs is 1. The number of carbonyl (C=O) groups is 2. The Morgan fingerprint density at radius 3 is 2.40 bits per heavy atom. The number of aromatic amines is 1. The summed E-state index contributed by atoms with van der Waals surface area (Å²) in [7, 11) is 3.19. The standard InChI is InChI=1S/C27H36N4O4/c1-5-30(6-2)26(32)19-31(16-14-20-11-12-24(34-3)25(17-20)35-4)27(33)28-15-13-21-18-29-23-10-8-7-9-22(21)23/h7-12,17-18,29H,5-6,13-16,19H2,1-4H3,(H,28,33). The number of methoxy groups -OCH3 is 2. The summed E-state index contributed by atoms with van der Waals surface area (Å²) < 4.78 is 10.7. The van der Waals surface area contributed by atoms with Gasteiger partial charge in [0.1, 0.15) is 6.54 Å². The molecule has 0 saturated heterocycles. The number of ether oxygens (including phenoxy) is 2. The molecular formula is C27H36N4O4. The number of carbonyl (C=O) groups excluding carboxylic acids is 2. The Balaban J connectivity index is 1.65. The normalized spacial score (nSPS) is 10.7. The van der Waals surface area contributed by atoms with Crippen molar-refractivity contribution in [2.45, 2.75) is 26.7 Å². The van der Waals surface area contributed by atoms with E-state index in [1.807, 2.05) is 56.4 Å². The SMILES string of the molecule is CCN(CC)C(=O)CN(CCc1ccc(OC)c(OC)c1)C(=O)NCCc1c[nH]c2ccccc12. The second-order valence-electron chi connectivity index (χ2n) is 8.27. The highest BCUT2D eigenvalue weighted by Gasteiger charge is 2.20. The molecule has 0 atom stereocenters. The summed E-state index contributed by atoms with van der Waals surface area (Å²) >= 11 is 0. The maximum absolute atomic E-state index is 13.1. The van der Waals surface area contributed by atoms with Gasteiger partial charge in [-0.15, -0.1) is 0 Å². The Morgan fingerprint density at radius 1 is 0.943 bits per heavy atom. The fourth-order valence-corrected chi connectivity index (χ4v) is 4.15. The Labute approximate surface area is 207 Å². The molecule has 0 fully saturated rings. The Hall–Kier alpha value is -3.68. The van der Waals surface area contributed by atoms with Crippen LogP contribution in [0.4, 0.5) is 4.79 Å². The molecule has 1 heterocycles. The summed E-state index contributed by atoms with van der Waals surface area (Å²) in [5.41, 5.74) is 3.22. The van der Waals surface area contributed by atoms with Gasteiger partial charge in [0.25, 0.3) is 0 Å². The van der Waals surface area contributed by atoms with Crippen molar-refractivity contribution in [3.05, 3.63) is 59.8 Å². The van der Waals surface area contributed by atoms with E-state index in [1.54, 1.807) is 24.0 Å². The smallest absolute Gasteiger partial charge is 0.317 e. The summed E-state index contributed by atoms with van der Waals surface area (Å²) in [6.07, 6.45) is 3.26. The van der Waals surface area contributed by atoms with E-state index in [1.165, 1.54) is 0 Å². The van der Waals surface area contributed by atoms with Crippen molar-refractivity contribution in [1.29, 1.82) is 0 Å². The molecular weight excluding hydrogens is 444 g/mol. The van der Waals surface area contributed by atoms with E-state index in [0.29, 0.717) is 50.5 Å². The van der Waals surface area contributed by atoms with Crippen LogP contribution in [0.15, 0.2) is 48.7 Å². The van der Waals surface area contributed by atoms with Crippen LogP contribution in [0.3, 0.4) is 0 Å². The van der Waals surface area contributed by atoms with Gasteiger partial charge in [-0.1, -0.05) is 24.3 Å². The highest BCUT2D eigenvalue weighted by atomic mass is 16.5. The molecule has 2 N–H and O–H groups in total. The molecule has 188 valence electrons. The van der Waals surface area contributed by atoms with E-state index in [0.717, 1.165) is 22.0 Å². The molecule has 3 amide bonds. The molecule has 0 aliphatic rings. The molecule has 8 nitrogen and oxygen atoms in total. The molecule has 35 heavy (non-hydrogen) atoms. The Kier molecular flexibility index (Phi) is 9.40. The molecule has 2 aromatic carbocycles. The van der Waals surface area contributed by atoms with Crippen molar-refractivity contribution in [3.8, 4) is 11.5 Å². The van der Waals surface area contributed by atoms with Crippen LogP contribution in [0, 0.1) is 0 Å². The van der Waals surface area contributed by atoms with Crippen LogP contribution < -0.4 is 14.8 Å². The molecule has 0 saturated carbocycles. The summed E-state index contributed by atoms with van der Waals surface area (Å²) in [4.78, 5) is 32.5. The first kappa shape index (κ1) is 25.9.